The molecule has 0 aromatic rings. The molecule has 0 radical (unpaired) electrons. The monoisotopic (exact) mass is 204 g/mol. The lowest BCUT2D eigenvalue weighted by Gasteiger charge is -2.06. The van der Waals surface area contributed by atoms with Crippen LogP contribution in [0.5, 0.6) is 0 Å². The highest BCUT2D eigenvalue weighted by Gasteiger charge is 2.27. The van der Waals surface area contributed by atoms with Crippen LogP contribution in [0.2, 0.25) is 0 Å². The molecule has 15 heavy (non-hydrogen) atoms. The van der Waals surface area contributed by atoms with Crippen LogP contribution in [0.1, 0.15) is 6.42 Å². The van der Waals surface area contributed by atoms with E-state index in [2.05, 4.69) is 10.3 Å². The summed E-state index contributed by atoms with van der Waals surface area (Å²) in [5.41, 5.74) is 1.77. The number of ketones is 1. The SMILES string of the molecule is CNCCC1=C2C(=O)C=CC=C2N=C1O. The average molecular weight is 204 g/mol. The smallest absolute Gasteiger partial charge is 0.215 e. The van der Waals surface area contributed by atoms with Crippen molar-refractivity contribution in [1.82, 2.24) is 5.32 Å². The summed E-state index contributed by atoms with van der Waals surface area (Å²) in [6, 6.07) is 0. The van der Waals surface area contributed by atoms with Gasteiger partial charge < -0.3 is 10.4 Å². The second kappa shape index (κ2) is 3.82. The van der Waals surface area contributed by atoms with Gasteiger partial charge >= 0.3 is 0 Å². The number of aliphatic hydroxyl groups is 1. The lowest BCUT2D eigenvalue weighted by molar-refractivity contribution is -0.111. The zero-order chi connectivity index (χ0) is 10.8. The molecule has 0 fully saturated rings. The highest BCUT2D eigenvalue weighted by molar-refractivity contribution is 6.16. The molecule has 2 aliphatic rings. The summed E-state index contributed by atoms with van der Waals surface area (Å²) in [5.74, 6) is -0.102. The average Bonchev–Trinajstić information content (AvgIpc) is 2.53. The first-order chi connectivity index (χ1) is 7.24. The van der Waals surface area contributed by atoms with Crippen LogP contribution in [0.3, 0.4) is 0 Å². The van der Waals surface area contributed by atoms with E-state index in [1.807, 2.05) is 7.05 Å². The lowest BCUT2D eigenvalue weighted by Crippen LogP contribution is -2.13. The summed E-state index contributed by atoms with van der Waals surface area (Å²) in [6.45, 7) is 0.711. The Hall–Kier alpha value is -1.68. The van der Waals surface area contributed by atoms with Gasteiger partial charge in [0.05, 0.1) is 11.3 Å². The van der Waals surface area contributed by atoms with Crippen LogP contribution in [-0.2, 0) is 4.79 Å². The summed E-state index contributed by atoms with van der Waals surface area (Å²) in [7, 11) is 1.83. The maximum Gasteiger partial charge on any atom is 0.215 e. The largest absolute Gasteiger partial charge is 0.493 e. The third kappa shape index (κ3) is 1.64. The number of hydrogen-bond donors (Lipinski definition) is 2. The third-order valence-corrected chi connectivity index (χ3v) is 2.43. The van der Waals surface area contributed by atoms with Crippen molar-refractivity contribution in [2.75, 3.05) is 13.6 Å². The third-order valence-electron chi connectivity index (χ3n) is 2.43. The molecule has 0 saturated heterocycles. The van der Waals surface area contributed by atoms with Gasteiger partial charge in [0.2, 0.25) is 5.90 Å². The summed E-state index contributed by atoms with van der Waals surface area (Å²) >= 11 is 0. The number of fused-ring (bicyclic) bond motifs is 1. The van der Waals surface area contributed by atoms with Crippen molar-refractivity contribution < 1.29 is 9.90 Å². The lowest BCUT2D eigenvalue weighted by atomic mass is 9.97. The predicted octanol–water partition coefficient (Wildman–Crippen LogP) is 0.885. The molecule has 0 amide bonds. The molecule has 2 N–H and O–H groups in total. The highest BCUT2D eigenvalue weighted by Crippen LogP contribution is 2.29. The van der Waals surface area contributed by atoms with E-state index in [0.29, 0.717) is 29.8 Å². The molecule has 0 atom stereocenters. The topological polar surface area (TPSA) is 61.7 Å². The van der Waals surface area contributed by atoms with Crippen molar-refractivity contribution in [3.63, 3.8) is 0 Å². The molecular weight excluding hydrogens is 192 g/mol. The Morgan fingerprint density at radius 1 is 1.53 bits per heavy atom. The van der Waals surface area contributed by atoms with Crippen LogP contribution in [0.25, 0.3) is 0 Å². The maximum atomic E-state index is 11.6. The van der Waals surface area contributed by atoms with Crippen molar-refractivity contribution in [3.8, 4) is 0 Å². The molecule has 2 rings (SSSR count). The summed E-state index contributed by atoms with van der Waals surface area (Å²) < 4.78 is 0. The first kappa shape index (κ1) is 9.86. The summed E-state index contributed by atoms with van der Waals surface area (Å²) in [5, 5.41) is 12.6. The van der Waals surface area contributed by atoms with Crippen molar-refractivity contribution in [2.45, 2.75) is 6.42 Å². The molecule has 0 unspecified atom stereocenters. The number of hydrogen-bond acceptors (Lipinski definition) is 3. The molecule has 0 spiro atoms. The van der Waals surface area contributed by atoms with Crippen molar-refractivity contribution in [3.05, 3.63) is 35.1 Å². The van der Waals surface area contributed by atoms with Gasteiger partial charge in [0.1, 0.15) is 0 Å². The standard InChI is InChI=1S/C11H12N2O2/c1-12-6-5-7-10-8(13-11(7)15)3-2-4-9(10)14/h2-4,12H,5-6H2,1H3,(H,13,15). The number of carbonyl (C=O) groups is 1. The van der Waals surface area contributed by atoms with E-state index in [1.54, 1.807) is 12.2 Å². The number of aliphatic hydroxyl groups excluding tert-OH is 1. The minimum Gasteiger partial charge on any atom is -0.493 e. The first-order valence-electron chi connectivity index (χ1n) is 4.83. The number of nitrogens with one attached hydrogen (secondary N) is 1. The minimum absolute atomic E-state index is 0.0245. The van der Waals surface area contributed by atoms with E-state index < -0.39 is 0 Å². The van der Waals surface area contributed by atoms with Gasteiger partial charge in [-0.15, -0.1) is 0 Å². The van der Waals surface area contributed by atoms with Gasteiger partial charge in [-0.05, 0) is 32.2 Å². The zero-order valence-corrected chi connectivity index (χ0v) is 8.45. The molecule has 0 aromatic carbocycles. The number of allylic oxidation sites excluding steroid dienone is 4. The number of rotatable bonds is 3. The second-order valence-corrected chi connectivity index (χ2v) is 3.42. The molecule has 0 aromatic heterocycles. The Balaban J connectivity index is 2.36. The first-order valence-corrected chi connectivity index (χ1v) is 4.83. The van der Waals surface area contributed by atoms with Crippen molar-refractivity contribution >= 4 is 11.7 Å². The Bertz CT molecular complexity index is 428. The van der Waals surface area contributed by atoms with E-state index >= 15 is 0 Å². The maximum absolute atomic E-state index is 11.6. The molecule has 0 bridgehead atoms. The molecule has 4 heteroatoms. The number of nitrogens with zero attached hydrogens (tertiary/aromatic N) is 1. The molecule has 1 aliphatic carbocycles. The van der Waals surface area contributed by atoms with Crippen LogP contribution >= 0.6 is 0 Å². The Morgan fingerprint density at radius 2 is 2.33 bits per heavy atom. The van der Waals surface area contributed by atoms with Crippen molar-refractivity contribution in [1.29, 1.82) is 0 Å². The van der Waals surface area contributed by atoms with Crippen LogP contribution in [0.15, 0.2) is 40.1 Å². The molecule has 1 aliphatic heterocycles. The number of aliphatic imine (C=N–C) groups is 1. The van der Waals surface area contributed by atoms with Crippen LogP contribution in [-0.4, -0.2) is 30.4 Å². The molecule has 0 saturated carbocycles. The van der Waals surface area contributed by atoms with E-state index in [1.165, 1.54) is 6.08 Å². The fourth-order valence-corrected chi connectivity index (χ4v) is 1.70. The molecule has 78 valence electrons. The Morgan fingerprint density at radius 3 is 3.07 bits per heavy atom. The van der Waals surface area contributed by atoms with Crippen molar-refractivity contribution in [2.24, 2.45) is 4.99 Å². The van der Waals surface area contributed by atoms with Gasteiger partial charge in [0.25, 0.3) is 0 Å². The fourth-order valence-electron chi connectivity index (χ4n) is 1.70. The number of carbonyl (C=O) groups excluding carboxylic acids is 1. The normalized spacial score (nSPS) is 19.1. The van der Waals surface area contributed by atoms with Gasteiger partial charge in [-0.1, -0.05) is 6.08 Å². The second-order valence-electron chi connectivity index (χ2n) is 3.42. The van der Waals surface area contributed by atoms with E-state index in [0.717, 1.165) is 0 Å². The van der Waals surface area contributed by atoms with Gasteiger partial charge in [0, 0.05) is 5.57 Å². The van der Waals surface area contributed by atoms with Gasteiger partial charge in [-0.3, -0.25) is 4.79 Å². The van der Waals surface area contributed by atoms with Crippen LogP contribution in [0, 0.1) is 0 Å². The fraction of sp³-hybridized carbons (Fsp3) is 0.273. The Kier molecular flexibility index (Phi) is 2.51. The van der Waals surface area contributed by atoms with E-state index in [-0.39, 0.29) is 11.7 Å². The Labute approximate surface area is 87.7 Å². The molecule has 1 heterocycles. The van der Waals surface area contributed by atoms with Crippen LogP contribution < -0.4 is 5.32 Å². The predicted molar refractivity (Wildman–Crippen MR) is 57.9 cm³/mol. The van der Waals surface area contributed by atoms with Crippen LogP contribution in [0.4, 0.5) is 0 Å². The van der Waals surface area contributed by atoms with Gasteiger partial charge in [-0.2, -0.15) is 0 Å². The summed E-state index contributed by atoms with van der Waals surface area (Å²) in [4.78, 5) is 15.6. The van der Waals surface area contributed by atoms with E-state index in [9.17, 15) is 9.90 Å². The van der Waals surface area contributed by atoms with E-state index in [4.69, 9.17) is 0 Å². The molecule has 4 nitrogen and oxygen atoms in total. The van der Waals surface area contributed by atoms with Gasteiger partial charge in [-0.25, -0.2) is 4.99 Å². The quantitative estimate of drug-likeness (QED) is 0.717. The zero-order valence-electron chi connectivity index (χ0n) is 8.45. The summed E-state index contributed by atoms with van der Waals surface area (Å²) in [6.07, 6.45) is 5.49. The van der Waals surface area contributed by atoms with Gasteiger partial charge in [0.15, 0.2) is 5.78 Å². The molecular formula is C11H12N2O2. The highest BCUT2D eigenvalue weighted by atomic mass is 16.3. The minimum atomic E-state index is -0.0774.